The highest BCUT2D eigenvalue weighted by atomic mass is 35.5. The molecule has 6 nitrogen and oxygen atoms in total. The van der Waals surface area contributed by atoms with Gasteiger partial charge in [0.05, 0.1) is 23.6 Å². The minimum Gasteiger partial charge on any atom is -0.492 e. The number of rotatable bonds is 9. The molecule has 2 rings (SSSR count). The Morgan fingerprint density at radius 1 is 1.11 bits per heavy atom. The molecule has 0 aliphatic heterocycles. The summed E-state index contributed by atoms with van der Waals surface area (Å²) in [7, 11) is -3.65. The number of carbonyl (C=O) groups excluding carboxylic acids is 1. The predicted molar refractivity (Wildman–Crippen MR) is 112 cm³/mol. The molecule has 28 heavy (non-hydrogen) atoms. The molecule has 0 aliphatic carbocycles. The Kier molecular flexibility index (Phi) is 7.86. The topological polar surface area (TPSA) is 75.7 Å². The van der Waals surface area contributed by atoms with Gasteiger partial charge in [0.15, 0.2) is 0 Å². The number of halogens is 1. The summed E-state index contributed by atoms with van der Waals surface area (Å²) in [5.41, 5.74) is 0.999. The Bertz CT molecular complexity index is 928. The van der Waals surface area contributed by atoms with Crippen LogP contribution in [-0.2, 0) is 21.2 Å². The molecule has 2 aromatic rings. The molecule has 0 fully saturated rings. The summed E-state index contributed by atoms with van der Waals surface area (Å²) >= 11 is 6.11. The Morgan fingerprint density at radius 3 is 2.39 bits per heavy atom. The monoisotopic (exact) mass is 424 g/mol. The van der Waals surface area contributed by atoms with Crippen LogP contribution in [0.4, 0.5) is 5.69 Å². The van der Waals surface area contributed by atoms with Gasteiger partial charge in [0, 0.05) is 18.1 Å². The maximum Gasteiger partial charge on any atom is 0.243 e. The van der Waals surface area contributed by atoms with Crippen molar-refractivity contribution in [1.29, 1.82) is 0 Å². The second-order valence-electron chi connectivity index (χ2n) is 6.00. The molecule has 152 valence electrons. The molecule has 0 unspecified atom stereocenters. The highest BCUT2D eigenvalue weighted by Crippen LogP contribution is 2.29. The van der Waals surface area contributed by atoms with Crippen molar-refractivity contribution in [3.05, 3.63) is 53.1 Å². The van der Waals surface area contributed by atoms with Crippen LogP contribution in [0.2, 0.25) is 5.02 Å². The number of ether oxygens (including phenoxy) is 1. The maximum absolute atomic E-state index is 12.8. The number of anilines is 1. The van der Waals surface area contributed by atoms with E-state index in [0.29, 0.717) is 41.7 Å². The number of sulfonamides is 1. The minimum atomic E-state index is -3.65. The Morgan fingerprint density at radius 2 is 1.79 bits per heavy atom. The van der Waals surface area contributed by atoms with Crippen molar-refractivity contribution in [3.8, 4) is 5.75 Å². The van der Waals surface area contributed by atoms with Crippen molar-refractivity contribution < 1.29 is 17.9 Å². The van der Waals surface area contributed by atoms with E-state index in [2.05, 4.69) is 5.32 Å². The van der Waals surface area contributed by atoms with Crippen LogP contribution in [-0.4, -0.2) is 38.3 Å². The maximum atomic E-state index is 12.8. The minimum absolute atomic E-state index is 0.0677. The van der Waals surface area contributed by atoms with Crippen LogP contribution in [0.25, 0.3) is 0 Å². The molecule has 0 aromatic heterocycles. The zero-order valence-electron chi connectivity index (χ0n) is 16.2. The smallest absolute Gasteiger partial charge is 0.243 e. The SMILES string of the molecule is CCOc1ccc(S(=O)(=O)N(CC)CC)cc1NC(=O)Cc1ccccc1Cl. The van der Waals surface area contributed by atoms with E-state index in [4.69, 9.17) is 16.3 Å². The zero-order valence-corrected chi connectivity index (χ0v) is 17.8. The van der Waals surface area contributed by atoms with Crippen molar-refractivity contribution >= 4 is 33.2 Å². The molecular weight excluding hydrogens is 400 g/mol. The lowest BCUT2D eigenvalue weighted by molar-refractivity contribution is -0.115. The molecular formula is C20H25ClN2O4S. The van der Waals surface area contributed by atoms with Gasteiger partial charge in [-0.05, 0) is 36.8 Å². The van der Waals surface area contributed by atoms with Crippen LogP contribution in [0.3, 0.4) is 0 Å². The highest BCUT2D eigenvalue weighted by molar-refractivity contribution is 7.89. The molecule has 0 heterocycles. The summed E-state index contributed by atoms with van der Waals surface area (Å²) in [6.07, 6.45) is 0.0677. The molecule has 0 aliphatic rings. The third kappa shape index (κ3) is 5.25. The fraction of sp³-hybridized carbons (Fsp3) is 0.350. The first-order valence-electron chi connectivity index (χ1n) is 9.13. The van der Waals surface area contributed by atoms with Crippen LogP contribution in [0.1, 0.15) is 26.3 Å². The highest BCUT2D eigenvalue weighted by Gasteiger charge is 2.23. The Balaban J connectivity index is 2.33. The van der Waals surface area contributed by atoms with Crippen LogP contribution in [0.5, 0.6) is 5.75 Å². The number of hydrogen-bond acceptors (Lipinski definition) is 4. The molecule has 0 spiro atoms. The predicted octanol–water partition coefficient (Wildman–Crippen LogP) is 3.95. The van der Waals surface area contributed by atoms with Crippen LogP contribution >= 0.6 is 11.6 Å². The van der Waals surface area contributed by atoms with Crippen LogP contribution in [0.15, 0.2) is 47.4 Å². The average Bonchev–Trinajstić information content (AvgIpc) is 2.66. The fourth-order valence-electron chi connectivity index (χ4n) is 2.77. The lowest BCUT2D eigenvalue weighted by Crippen LogP contribution is -2.30. The lowest BCUT2D eigenvalue weighted by Gasteiger charge is -2.20. The number of benzene rings is 2. The van der Waals surface area contributed by atoms with Gasteiger partial charge in [0.1, 0.15) is 5.75 Å². The zero-order chi connectivity index (χ0) is 20.7. The van der Waals surface area contributed by atoms with Gasteiger partial charge in [-0.1, -0.05) is 43.6 Å². The van der Waals surface area contributed by atoms with E-state index in [1.165, 1.54) is 16.4 Å². The van der Waals surface area contributed by atoms with E-state index in [0.717, 1.165) is 0 Å². The quantitative estimate of drug-likeness (QED) is 0.661. The van der Waals surface area contributed by atoms with E-state index >= 15 is 0 Å². The van der Waals surface area contributed by atoms with Gasteiger partial charge in [0.25, 0.3) is 0 Å². The Hall–Kier alpha value is -2.09. The fourth-order valence-corrected chi connectivity index (χ4v) is 4.46. The van der Waals surface area contributed by atoms with Gasteiger partial charge < -0.3 is 10.1 Å². The summed E-state index contributed by atoms with van der Waals surface area (Å²) in [6.45, 7) is 6.48. The molecule has 0 saturated carbocycles. The van der Waals surface area contributed by atoms with Gasteiger partial charge in [-0.2, -0.15) is 4.31 Å². The summed E-state index contributed by atoms with van der Waals surface area (Å²) in [6, 6.07) is 11.6. The molecule has 2 aromatic carbocycles. The molecule has 8 heteroatoms. The van der Waals surface area contributed by atoms with Crippen molar-refractivity contribution in [1.82, 2.24) is 4.31 Å². The van der Waals surface area contributed by atoms with E-state index in [-0.39, 0.29) is 17.2 Å². The van der Waals surface area contributed by atoms with E-state index in [1.807, 2.05) is 6.92 Å². The molecule has 1 N–H and O–H groups in total. The van der Waals surface area contributed by atoms with E-state index in [9.17, 15) is 13.2 Å². The molecule has 0 atom stereocenters. The first-order valence-corrected chi connectivity index (χ1v) is 11.0. The summed E-state index contributed by atoms with van der Waals surface area (Å²) in [4.78, 5) is 12.6. The second kappa shape index (κ2) is 9.91. The first-order chi connectivity index (χ1) is 13.3. The lowest BCUT2D eigenvalue weighted by atomic mass is 10.1. The molecule has 1 amide bonds. The molecule has 0 bridgehead atoms. The van der Waals surface area contributed by atoms with Gasteiger partial charge >= 0.3 is 0 Å². The number of hydrogen-bond donors (Lipinski definition) is 1. The van der Waals surface area contributed by atoms with Crippen LogP contribution < -0.4 is 10.1 Å². The van der Waals surface area contributed by atoms with Crippen molar-refractivity contribution in [2.24, 2.45) is 0 Å². The summed E-state index contributed by atoms with van der Waals surface area (Å²) < 4.78 is 32.5. The summed E-state index contributed by atoms with van der Waals surface area (Å²) in [5.74, 6) is 0.0972. The largest absolute Gasteiger partial charge is 0.492 e. The standard InChI is InChI=1S/C20H25ClN2O4S/c1-4-23(5-2)28(25,26)16-11-12-19(27-6-3)18(14-16)22-20(24)13-15-9-7-8-10-17(15)21/h7-12,14H,4-6,13H2,1-3H3,(H,22,24). The van der Waals surface area contributed by atoms with Crippen molar-refractivity contribution in [2.75, 3.05) is 25.0 Å². The van der Waals surface area contributed by atoms with Gasteiger partial charge in [0.2, 0.25) is 15.9 Å². The second-order valence-corrected chi connectivity index (χ2v) is 8.34. The van der Waals surface area contributed by atoms with Gasteiger partial charge in [-0.3, -0.25) is 4.79 Å². The summed E-state index contributed by atoms with van der Waals surface area (Å²) in [5, 5.41) is 3.25. The van der Waals surface area contributed by atoms with Gasteiger partial charge in [-0.25, -0.2) is 8.42 Å². The van der Waals surface area contributed by atoms with E-state index < -0.39 is 10.0 Å². The average molecular weight is 425 g/mol. The Labute approximate surface area is 171 Å². The van der Waals surface area contributed by atoms with E-state index in [1.54, 1.807) is 44.2 Å². The normalized spacial score (nSPS) is 11.5. The third-order valence-corrected chi connectivity index (χ3v) is 6.59. The number of carbonyl (C=O) groups is 1. The molecule has 0 radical (unpaired) electrons. The number of nitrogens with zero attached hydrogens (tertiary/aromatic N) is 1. The van der Waals surface area contributed by atoms with Crippen molar-refractivity contribution in [3.63, 3.8) is 0 Å². The number of amides is 1. The first kappa shape index (κ1) is 22.2. The van der Waals surface area contributed by atoms with Gasteiger partial charge in [-0.15, -0.1) is 0 Å². The number of nitrogens with one attached hydrogen (secondary N) is 1. The third-order valence-electron chi connectivity index (χ3n) is 4.18. The van der Waals surface area contributed by atoms with Crippen molar-refractivity contribution in [2.45, 2.75) is 32.1 Å². The molecule has 0 saturated heterocycles. The van der Waals surface area contributed by atoms with Crippen LogP contribution in [0, 0.1) is 0 Å².